The van der Waals surface area contributed by atoms with E-state index in [0.29, 0.717) is 17.2 Å². The third-order valence-electron chi connectivity index (χ3n) is 2.23. The molecule has 0 atom stereocenters. The fourth-order valence-corrected chi connectivity index (χ4v) is 1.26. The van der Waals surface area contributed by atoms with Crippen LogP contribution in [0.2, 0.25) is 0 Å². The molecule has 0 fully saturated rings. The Balaban J connectivity index is 0. The number of hydrogen-bond donors (Lipinski definition) is 4. The molecule has 0 unspecified atom stereocenters. The number of aliphatic hydroxyl groups is 2. The second-order valence-electron chi connectivity index (χ2n) is 4.08. The van der Waals surface area contributed by atoms with Gasteiger partial charge in [-0.1, -0.05) is 16.3 Å². The molecule has 0 aliphatic rings. The van der Waals surface area contributed by atoms with Gasteiger partial charge < -0.3 is 26.1 Å². The summed E-state index contributed by atoms with van der Waals surface area (Å²) in [5.41, 5.74) is 11.0. The summed E-state index contributed by atoms with van der Waals surface area (Å²) >= 11 is 1.06. The van der Waals surface area contributed by atoms with Gasteiger partial charge in [-0.25, -0.2) is 0 Å². The van der Waals surface area contributed by atoms with Gasteiger partial charge >= 0.3 is 33.1 Å². The van der Waals surface area contributed by atoms with E-state index in [2.05, 4.69) is 25.4 Å². The van der Waals surface area contributed by atoms with E-state index in [4.69, 9.17) is 29.8 Å². The fraction of sp³-hybridized carbons (Fsp3) is 0.0714. The summed E-state index contributed by atoms with van der Waals surface area (Å²) in [7, 11) is 0. The van der Waals surface area contributed by atoms with Crippen LogP contribution in [0.5, 0.6) is 0 Å². The van der Waals surface area contributed by atoms with Crippen molar-refractivity contribution in [3.63, 3.8) is 0 Å². The van der Waals surface area contributed by atoms with Crippen LogP contribution in [-0.2, 0) is 21.0 Å². The van der Waals surface area contributed by atoms with Crippen LogP contribution in [0.15, 0.2) is 67.6 Å². The van der Waals surface area contributed by atoms with Crippen molar-refractivity contribution < 1.29 is 35.7 Å². The molecule has 11 nitrogen and oxygen atoms in total. The molecule has 6 N–H and O–H groups in total. The minimum absolute atomic E-state index is 0. The molecule has 2 rings (SSSR count). The van der Waals surface area contributed by atoms with Crippen LogP contribution in [0, 0.1) is 0 Å². The van der Waals surface area contributed by atoms with Crippen molar-refractivity contribution in [1.82, 2.24) is 4.98 Å². The van der Waals surface area contributed by atoms with E-state index < -0.39 is 12.0 Å². The second-order valence-corrected chi connectivity index (χ2v) is 4.08. The number of halogens is 1. The number of hydrogen-bond acceptors (Lipinski definition) is 7. The van der Waals surface area contributed by atoms with Gasteiger partial charge in [-0.15, -0.1) is 17.5 Å². The summed E-state index contributed by atoms with van der Waals surface area (Å²) in [6.07, 6.45) is 4.50. The Bertz CT molecular complexity index is 744. The Kier molecular flexibility index (Phi) is 16.0. The Labute approximate surface area is 170 Å². The topological polar surface area (TPSA) is 185 Å². The molecule has 145 valence electrons. The Morgan fingerprint density at radius 3 is 2.26 bits per heavy atom. The molecule has 2 heterocycles. The molecule has 0 radical (unpaired) electrons. The Morgan fingerprint density at radius 1 is 1.11 bits per heavy atom. The zero-order valence-corrected chi connectivity index (χ0v) is 16.3. The van der Waals surface area contributed by atoms with E-state index in [9.17, 15) is 0 Å². The predicted octanol–water partition coefficient (Wildman–Crippen LogP) is 1.47. The maximum absolute atomic E-state index is 8.55. The van der Waals surface area contributed by atoms with Gasteiger partial charge in [0.2, 0.25) is 0 Å². The Hall–Kier alpha value is -3.02. The van der Waals surface area contributed by atoms with E-state index in [1.165, 1.54) is 12.5 Å². The number of pyridine rings is 1. The van der Waals surface area contributed by atoms with Crippen LogP contribution in [0.3, 0.4) is 0 Å². The van der Waals surface area contributed by atoms with E-state index in [0.717, 1.165) is 17.4 Å². The van der Waals surface area contributed by atoms with Gasteiger partial charge in [0, 0.05) is 6.20 Å². The number of nitrogens with zero attached hydrogens (tertiary/aromatic N) is 5. The van der Waals surface area contributed by atoms with Crippen molar-refractivity contribution in [2.45, 2.75) is 6.92 Å². The zero-order valence-electron chi connectivity index (χ0n) is 14.1. The van der Waals surface area contributed by atoms with Gasteiger partial charge in [0.15, 0.2) is 0 Å². The molecule has 0 aromatic carbocycles. The molecule has 2 aromatic heterocycles. The monoisotopic (exact) mass is 434 g/mol. The van der Waals surface area contributed by atoms with Crippen molar-refractivity contribution in [3.05, 3.63) is 54.2 Å². The van der Waals surface area contributed by atoms with Crippen LogP contribution in [0.25, 0.3) is 0 Å². The quantitative estimate of drug-likeness (QED) is 0.318. The van der Waals surface area contributed by atoms with Gasteiger partial charge in [0.1, 0.15) is 5.76 Å². The molecule has 2 aromatic rings. The SMILES string of the molecule is C/C(=N/N=C(/N)O)c1ccccn1.Cl.N/C(O)=N/N=C\c1ccco1.[O]=[V]. The van der Waals surface area contributed by atoms with E-state index >= 15 is 0 Å². The second kappa shape index (κ2) is 16.5. The first-order valence-electron chi connectivity index (χ1n) is 6.74. The first-order chi connectivity index (χ1) is 12.5. The molecule has 0 amide bonds. The van der Waals surface area contributed by atoms with Gasteiger partial charge in [-0.3, -0.25) is 4.98 Å². The average molecular weight is 435 g/mol. The van der Waals surface area contributed by atoms with Crippen molar-refractivity contribution in [2.24, 2.45) is 31.9 Å². The van der Waals surface area contributed by atoms with Gasteiger partial charge in [0.25, 0.3) is 0 Å². The molecule has 0 bridgehead atoms. The van der Waals surface area contributed by atoms with Gasteiger partial charge in [0.05, 0.1) is 23.9 Å². The number of amidine groups is 2. The minimum atomic E-state index is -0.576. The molecular formula is C14H18ClN7O4V. The standard InChI is InChI=1S/C8H10N4O.C6H7N3O2.ClH.O.V/c1-6(11-12-8(9)13)7-4-2-3-5-10-7;7-6(10)9-8-4-5-2-1-3-11-5;;;/h2-5H,1H3,(H3,9,12,13);1-4H,(H3,7,9,10);1H;;/b11-6-;8-4-;;;. The molecule has 0 aliphatic heterocycles. The van der Waals surface area contributed by atoms with Crippen molar-refractivity contribution >= 4 is 36.4 Å². The number of aromatic nitrogens is 1. The first kappa shape index (κ1) is 26.2. The Morgan fingerprint density at radius 2 is 1.78 bits per heavy atom. The van der Waals surface area contributed by atoms with E-state index in [-0.39, 0.29) is 12.4 Å². The van der Waals surface area contributed by atoms with Crippen LogP contribution in [0.1, 0.15) is 18.4 Å². The molecule has 0 saturated carbocycles. The van der Waals surface area contributed by atoms with E-state index in [1.807, 2.05) is 6.07 Å². The van der Waals surface area contributed by atoms with Gasteiger partial charge in [-0.2, -0.15) is 5.10 Å². The third kappa shape index (κ3) is 13.9. The van der Waals surface area contributed by atoms with Gasteiger partial charge in [-0.05, 0) is 31.2 Å². The van der Waals surface area contributed by atoms with Crippen LogP contribution in [-0.4, -0.2) is 39.2 Å². The number of rotatable bonds is 4. The van der Waals surface area contributed by atoms with Crippen LogP contribution >= 0.6 is 12.4 Å². The number of nitrogens with two attached hydrogens (primary N) is 2. The first-order valence-corrected chi connectivity index (χ1v) is 7.31. The fourth-order valence-electron chi connectivity index (χ4n) is 1.26. The van der Waals surface area contributed by atoms with Crippen molar-refractivity contribution in [2.75, 3.05) is 0 Å². The normalized spacial score (nSPS) is 11.5. The number of aliphatic hydroxyl groups excluding tert-OH is 2. The molecule has 0 spiro atoms. The molecule has 0 aliphatic carbocycles. The summed E-state index contributed by atoms with van der Waals surface area (Å²) in [6.45, 7) is 1.73. The van der Waals surface area contributed by atoms with Crippen molar-refractivity contribution in [3.8, 4) is 0 Å². The van der Waals surface area contributed by atoms with Crippen LogP contribution < -0.4 is 11.5 Å². The van der Waals surface area contributed by atoms with Crippen molar-refractivity contribution in [1.29, 1.82) is 0 Å². The molecular weight excluding hydrogens is 417 g/mol. The number of furan rings is 1. The molecule has 13 heteroatoms. The van der Waals surface area contributed by atoms with Crippen LogP contribution in [0.4, 0.5) is 0 Å². The summed E-state index contributed by atoms with van der Waals surface area (Å²) in [5, 5.41) is 30.4. The zero-order chi connectivity index (χ0) is 19.8. The summed E-state index contributed by atoms with van der Waals surface area (Å²) in [6, 6.07) is 7.72. The summed E-state index contributed by atoms with van der Waals surface area (Å²) in [4.78, 5) is 4.03. The molecule has 0 saturated heterocycles. The molecule has 27 heavy (non-hydrogen) atoms. The third-order valence-corrected chi connectivity index (χ3v) is 2.23. The summed E-state index contributed by atoms with van der Waals surface area (Å²) < 4.78 is 13.1. The maximum atomic E-state index is 8.55. The predicted molar refractivity (Wildman–Crippen MR) is 99.2 cm³/mol. The average Bonchev–Trinajstić information content (AvgIpc) is 3.16. The van der Waals surface area contributed by atoms with E-state index in [1.54, 1.807) is 37.4 Å². The summed E-state index contributed by atoms with van der Waals surface area (Å²) in [5.74, 6) is 0.551.